The molecule has 94 valence electrons. The highest BCUT2D eigenvalue weighted by molar-refractivity contribution is 5.46. The van der Waals surface area contributed by atoms with Crippen LogP contribution in [-0.2, 0) is 6.54 Å². The Bertz CT molecular complexity index is 569. The van der Waals surface area contributed by atoms with Crippen molar-refractivity contribution in [3.63, 3.8) is 0 Å². The molecule has 2 aromatic rings. The van der Waals surface area contributed by atoms with Crippen LogP contribution >= 0.6 is 0 Å². The van der Waals surface area contributed by atoms with Gasteiger partial charge < -0.3 is 5.32 Å². The Balaban J connectivity index is 2.15. The van der Waals surface area contributed by atoms with E-state index in [4.69, 9.17) is 0 Å². The fourth-order valence-corrected chi connectivity index (χ4v) is 1.53. The van der Waals surface area contributed by atoms with Crippen LogP contribution in [0.3, 0.4) is 0 Å². The van der Waals surface area contributed by atoms with Gasteiger partial charge in [-0.2, -0.15) is 0 Å². The predicted molar refractivity (Wildman–Crippen MR) is 60.0 cm³/mol. The molecule has 0 aromatic heterocycles. The van der Waals surface area contributed by atoms with Gasteiger partial charge in [0.25, 0.3) is 0 Å². The fourth-order valence-electron chi connectivity index (χ4n) is 1.53. The molecule has 0 spiro atoms. The summed E-state index contributed by atoms with van der Waals surface area (Å²) in [6.07, 6.45) is 0. The molecule has 0 aliphatic carbocycles. The van der Waals surface area contributed by atoms with E-state index < -0.39 is 23.3 Å². The minimum atomic E-state index is -1.27. The lowest BCUT2D eigenvalue weighted by molar-refractivity contribution is 0.497. The largest absolute Gasteiger partial charge is 0.378 e. The number of hydrogen-bond acceptors (Lipinski definition) is 1. The van der Waals surface area contributed by atoms with Gasteiger partial charge >= 0.3 is 0 Å². The maximum atomic E-state index is 13.3. The molecule has 0 radical (unpaired) electrons. The van der Waals surface area contributed by atoms with Crippen LogP contribution in [0.4, 0.5) is 23.2 Å². The summed E-state index contributed by atoms with van der Waals surface area (Å²) in [7, 11) is 0. The number of rotatable bonds is 3. The third kappa shape index (κ3) is 2.80. The Morgan fingerprint density at radius 3 is 2.39 bits per heavy atom. The summed E-state index contributed by atoms with van der Waals surface area (Å²) in [5, 5.41) is 2.52. The van der Waals surface area contributed by atoms with Crippen molar-refractivity contribution in [2.24, 2.45) is 0 Å². The Morgan fingerprint density at radius 2 is 1.67 bits per heavy atom. The van der Waals surface area contributed by atoms with E-state index in [1.54, 1.807) is 6.07 Å². The van der Waals surface area contributed by atoms with E-state index in [9.17, 15) is 17.6 Å². The van der Waals surface area contributed by atoms with E-state index in [1.165, 1.54) is 18.2 Å². The van der Waals surface area contributed by atoms with Gasteiger partial charge in [-0.3, -0.25) is 0 Å². The molecular formula is C13H9F4N. The van der Waals surface area contributed by atoms with Crippen molar-refractivity contribution in [3.8, 4) is 0 Å². The smallest absolute Gasteiger partial charge is 0.182 e. The third-order valence-corrected chi connectivity index (χ3v) is 2.36. The number of halogens is 4. The SMILES string of the molecule is Fc1cccc(CNc2cc(F)cc(F)c2F)c1. The highest BCUT2D eigenvalue weighted by Crippen LogP contribution is 2.20. The van der Waals surface area contributed by atoms with Gasteiger partial charge in [-0.1, -0.05) is 12.1 Å². The zero-order valence-electron chi connectivity index (χ0n) is 9.18. The Labute approximate surface area is 101 Å². The van der Waals surface area contributed by atoms with Gasteiger partial charge in [-0.25, -0.2) is 17.6 Å². The average Bonchev–Trinajstić information content (AvgIpc) is 2.32. The van der Waals surface area contributed by atoms with Crippen LogP contribution in [-0.4, -0.2) is 0 Å². The van der Waals surface area contributed by atoms with Crippen molar-refractivity contribution in [1.29, 1.82) is 0 Å². The van der Waals surface area contributed by atoms with Crippen molar-refractivity contribution in [3.05, 3.63) is 65.2 Å². The molecule has 2 aromatic carbocycles. The highest BCUT2D eigenvalue weighted by Gasteiger charge is 2.10. The second-order valence-corrected chi connectivity index (χ2v) is 3.73. The van der Waals surface area contributed by atoms with Gasteiger partial charge in [-0.05, 0) is 17.7 Å². The van der Waals surface area contributed by atoms with Crippen LogP contribution < -0.4 is 5.32 Å². The maximum Gasteiger partial charge on any atom is 0.182 e. The van der Waals surface area contributed by atoms with E-state index in [0.717, 1.165) is 6.07 Å². The third-order valence-electron chi connectivity index (χ3n) is 2.36. The van der Waals surface area contributed by atoms with Crippen LogP contribution in [0.15, 0.2) is 36.4 Å². The topological polar surface area (TPSA) is 12.0 Å². The summed E-state index contributed by atoms with van der Waals surface area (Å²) in [4.78, 5) is 0. The van der Waals surface area contributed by atoms with Gasteiger partial charge in [0.15, 0.2) is 11.6 Å². The quantitative estimate of drug-likeness (QED) is 0.648. The lowest BCUT2D eigenvalue weighted by atomic mass is 10.2. The molecule has 0 amide bonds. The monoisotopic (exact) mass is 255 g/mol. The molecule has 5 heteroatoms. The zero-order chi connectivity index (χ0) is 13.1. The van der Waals surface area contributed by atoms with Crippen LogP contribution in [0.5, 0.6) is 0 Å². The fraction of sp³-hybridized carbons (Fsp3) is 0.0769. The molecule has 0 fully saturated rings. The normalized spacial score (nSPS) is 10.4. The number of hydrogen-bond donors (Lipinski definition) is 1. The summed E-state index contributed by atoms with van der Waals surface area (Å²) in [6.45, 7) is 0.0670. The molecule has 0 saturated carbocycles. The van der Waals surface area contributed by atoms with Crippen molar-refractivity contribution in [1.82, 2.24) is 0 Å². The lowest BCUT2D eigenvalue weighted by Gasteiger charge is -2.08. The molecule has 18 heavy (non-hydrogen) atoms. The Hall–Kier alpha value is -2.04. The molecule has 1 N–H and O–H groups in total. The standard InChI is InChI=1S/C13H9F4N/c14-9-3-1-2-8(4-9)7-18-12-6-10(15)5-11(16)13(12)17/h1-6,18H,7H2. The molecule has 1 nitrogen and oxygen atoms in total. The molecule has 0 bridgehead atoms. The van der Waals surface area contributed by atoms with Crippen LogP contribution in [0.25, 0.3) is 0 Å². The average molecular weight is 255 g/mol. The molecular weight excluding hydrogens is 246 g/mol. The summed E-state index contributed by atoms with van der Waals surface area (Å²) >= 11 is 0. The molecule has 0 atom stereocenters. The van der Waals surface area contributed by atoms with Crippen molar-refractivity contribution < 1.29 is 17.6 Å². The first-order chi connectivity index (χ1) is 8.56. The number of anilines is 1. The van der Waals surface area contributed by atoms with Gasteiger partial charge in [-0.15, -0.1) is 0 Å². The van der Waals surface area contributed by atoms with Gasteiger partial charge in [0.05, 0.1) is 5.69 Å². The van der Waals surface area contributed by atoms with Crippen molar-refractivity contribution >= 4 is 5.69 Å². The first kappa shape index (κ1) is 12.4. The van der Waals surface area contributed by atoms with Crippen LogP contribution in [0.1, 0.15) is 5.56 Å². The van der Waals surface area contributed by atoms with Crippen molar-refractivity contribution in [2.75, 3.05) is 5.32 Å². The van der Waals surface area contributed by atoms with Gasteiger partial charge in [0.1, 0.15) is 11.6 Å². The minimum Gasteiger partial charge on any atom is -0.378 e. The second-order valence-electron chi connectivity index (χ2n) is 3.73. The van der Waals surface area contributed by atoms with Crippen LogP contribution in [0, 0.1) is 23.3 Å². The first-order valence-corrected chi connectivity index (χ1v) is 5.19. The van der Waals surface area contributed by atoms with E-state index in [0.29, 0.717) is 11.6 Å². The molecule has 2 rings (SSSR count). The summed E-state index contributed by atoms with van der Waals surface area (Å²) in [5.41, 5.74) is 0.246. The molecule has 0 aliphatic heterocycles. The predicted octanol–water partition coefficient (Wildman–Crippen LogP) is 3.86. The van der Waals surface area contributed by atoms with Crippen LogP contribution in [0.2, 0.25) is 0 Å². The van der Waals surface area contributed by atoms with E-state index in [2.05, 4.69) is 5.32 Å². The molecule has 0 saturated heterocycles. The summed E-state index contributed by atoms with van der Waals surface area (Å²) in [5.74, 6) is -3.74. The van der Waals surface area contributed by atoms with Gasteiger partial charge in [0, 0.05) is 18.7 Å². The maximum absolute atomic E-state index is 13.3. The number of benzene rings is 2. The van der Waals surface area contributed by atoms with Crippen molar-refractivity contribution in [2.45, 2.75) is 6.54 Å². The zero-order valence-corrected chi connectivity index (χ0v) is 9.18. The number of nitrogens with one attached hydrogen (secondary N) is 1. The van der Waals surface area contributed by atoms with Gasteiger partial charge in [0.2, 0.25) is 0 Å². The highest BCUT2D eigenvalue weighted by atomic mass is 19.2. The summed E-state index contributed by atoms with van der Waals surface area (Å²) in [6, 6.07) is 6.94. The lowest BCUT2D eigenvalue weighted by Crippen LogP contribution is -2.03. The first-order valence-electron chi connectivity index (χ1n) is 5.19. The molecule has 0 unspecified atom stereocenters. The summed E-state index contributed by atoms with van der Waals surface area (Å²) < 4.78 is 52.0. The second kappa shape index (κ2) is 5.08. The minimum absolute atomic E-state index is 0.0670. The molecule has 0 heterocycles. The van der Waals surface area contributed by atoms with E-state index >= 15 is 0 Å². The Morgan fingerprint density at radius 1 is 0.889 bits per heavy atom. The Kier molecular flexibility index (Phi) is 3.50. The molecule has 0 aliphatic rings. The van der Waals surface area contributed by atoms with E-state index in [1.807, 2.05) is 0 Å². The van der Waals surface area contributed by atoms with E-state index in [-0.39, 0.29) is 12.2 Å².